The van der Waals surface area contributed by atoms with Crippen molar-refractivity contribution in [3.8, 4) is 10.6 Å². The second kappa shape index (κ2) is 5.43. The Labute approximate surface area is 107 Å². The Kier molecular flexibility index (Phi) is 3.92. The summed E-state index contributed by atoms with van der Waals surface area (Å²) in [5.41, 5.74) is 3.65. The summed E-state index contributed by atoms with van der Waals surface area (Å²) >= 11 is 1.78. The summed E-state index contributed by atoms with van der Waals surface area (Å²) in [7, 11) is 0. The van der Waals surface area contributed by atoms with Crippen LogP contribution < -0.4 is 5.32 Å². The number of aromatic nitrogens is 1. The molecule has 1 aromatic carbocycles. The predicted octanol–water partition coefficient (Wildman–Crippen LogP) is 3.54. The van der Waals surface area contributed by atoms with E-state index in [0.717, 1.165) is 23.8 Å². The van der Waals surface area contributed by atoms with E-state index in [9.17, 15) is 0 Å². The third kappa shape index (κ3) is 2.93. The van der Waals surface area contributed by atoms with Gasteiger partial charge in [0.15, 0.2) is 0 Å². The Morgan fingerprint density at radius 1 is 1.18 bits per heavy atom. The Balaban J connectivity index is 2.24. The van der Waals surface area contributed by atoms with Crippen molar-refractivity contribution in [2.24, 2.45) is 0 Å². The van der Waals surface area contributed by atoms with E-state index in [1.165, 1.54) is 16.0 Å². The highest BCUT2D eigenvalue weighted by molar-refractivity contribution is 7.15. The van der Waals surface area contributed by atoms with E-state index < -0.39 is 0 Å². The molecule has 0 aliphatic carbocycles. The molecule has 2 rings (SSSR count). The monoisotopic (exact) mass is 246 g/mol. The van der Waals surface area contributed by atoms with E-state index in [2.05, 4.69) is 55.3 Å². The second-order valence-electron chi connectivity index (χ2n) is 4.17. The Hall–Kier alpha value is -1.19. The van der Waals surface area contributed by atoms with Crippen LogP contribution in [0, 0.1) is 13.8 Å². The highest BCUT2D eigenvalue weighted by Crippen LogP contribution is 2.27. The van der Waals surface area contributed by atoms with E-state index >= 15 is 0 Å². The van der Waals surface area contributed by atoms with Crippen LogP contribution in [0.3, 0.4) is 0 Å². The fraction of sp³-hybridized carbons (Fsp3) is 0.357. The van der Waals surface area contributed by atoms with E-state index in [-0.39, 0.29) is 0 Å². The van der Waals surface area contributed by atoms with Crippen molar-refractivity contribution in [2.45, 2.75) is 27.3 Å². The van der Waals surface area contributed by atoms with Gasteiger partial charge in [-0.2, -0.15) is 0 Å². The molecule has 0 amide bonds. The molecule has 0 radical (unpaired) electrons. The van der Waals surface area contributed by atoms with E-state index in [1.807, 2.05) is 0 Å². The summed E-state index contributed by atoms with van der Waals surface area (Å²) in [6, 6.07) is 8.56. The molecular weight excluding hydrogens is 228 g/mol. The molecule has 2 nitrogen and oxygen atoms in total. The molecule has 0 aliphatic heterocycles. The second-order valence-corrected chi connectivity index (χ2v) is 5.26. The van der Waals surface area contributed by atoms with Gasteiger partial charge in [0.1, 0.15) is 5.01 Å². The van der Waals surface area contributed by atoms with Gasteiger partial charge in [-0.05, 0) is 20.4 Å². The maximum atomic E-state index is 4.64. The van der Waals surface area contributed by atoms with Crippen LogP contribution in [0.4, 0.5) is 0 Å². The lowest BCUT2D eigenvalue weighted by atomic mass is 10.2. The third-order valence-electron chi connectivity index (χ3n) is 2.73. The molecular formula is C14H18N2S. The average Bonchev–Trinajstić information content (AvgIpc) is 2.69. The summed E-state index contributed by atoms with van der Waals surface area (Å²) in [6.45, 7) is 8.23. The summed E-state index contributed by atoms with van der Waals surface area (Å²) < 4.78 is 0. The van der Waals surface area contributed by atoms with Crippen LogP contribution in [0.5, 0.6) is 0 Å². The number of nitrogens with zero attached hydrogens (tertiary/aromatic N) is 1. The normalized spacial score (nSPS) is 10.8. The summed E-state index contributed by atoms with van der Waals surface area (Å²) in [6.07, 6.45) is 0. The first-order chi connectivity index (χ1) is 8.20. The van der Waals surface area contributed by atoms with E-state index in [1.54, 1.807) is 11.3 Å². The zero-order valence-electron chi connectivity index (χ0n) is 10.6. The number of nitrogens with one attached hydrogen (secondary N) is 1. The third-order valence-corrected chi connectivity index (χ3v) is 3.93. The topological polar surface area (TPSA) is 24.9 Å². The molecule has 0 atom stereocenters. The first-order valence-electron chi connectivity index (χ1n) is 5.94. The molecule has 3 heteroatoms. The van der Waals surface area contributed by atoms with Gasteiger partial charge in [-0.15, -0.1) is 11.3 Å². The molecule has 0 saturated carbocycles. The van der Waals surface area contributed by atoms with Crippen LogP contribution in [0.15, 0.2) is 24.3 Å². The molecule has 1 N–H and O–H groups in total. The van der Waals surface area contributed by atoms with Crippen molar-refractivity contribution in [1.82, 2.24) is 10.3 Å². The number of hydrogen-bond acceptors (Lipinski definition) is 3. The molecule has 0 spiro atoms. The SMILES string of the molecule is CCNCc1sc(-c2ccc(C)cc2)nc1C. The van der Waals surface area contributed by atoms with Crippen LogP contribution in [0.25, 0.3) is 10.6 Å². The van der Waals surface area contributed by atoms with Crippen molar-refractivity contribution < 1.29 is 0 Å². The number of thiazole rings is 1. The zero-order chi connectivity index (χ0) is 12.3. The van der Waals surface area contributed by atoms with Gasteiger partial charge < -0.3 is 5.32 Å². The smallest absolute Gasteiger partial charge is 0.123 e. The molecule has 0 saturated heterocycles. The lowest BCUT2D eigenvalue weighted by Crippen LogP contribution is -2.11. The van der Waals surface area contributed by atoms with Gasteiger partial charge in [-0.25, -0.2) is 4.98 Å². The van der Waals surface area contributed by atoms with Gasteiger partial charge in [-0.1, -0.05) is 36.8 Å². The number of aryl methyl sites for hydroxylation is 2. The Bertz CT molecular complexity index is 485. The maximum Gasteiger partial charge on any atom is 0.123 e. The van der Waals surface area contributed by atoms with Crippen LogP contribution in [-0.2, 0) is 6.54 Å². The molecule has 1 heterocycles. The van der Waals surface area contributed by atoms with Crippen LogP contribution >= 0.6 is 11.3 Å². The van der Waals surface area contributed by atoms with Crippen molar-refractivity contribution in [2.75, 3.05) is 6.54 Å². The minimum absolute atomic E-state index is 0.922. The van der Waals surface area contributed by atoms with Gasteiger partial charge in [-0.3, -0.25) is 0 Å². The molecule has 90 valence electrons. The number of benzene rings is 1. The lowest BCUT2D eigenvalue weighted by Gasteiger charge is -1.98. The Morgan fingerprint density at radius 2 is 1.88 bits per heavy atom. The predicted molar refractivity (Wildman–Crippen MR) is 74.4 cm³/mol. The maximum absolute atomic E-state index is 4.64. The minimum Gasteiger partial charge on any atom is -0.312 e. The van der Waals surface area contributed by atoms with Crippen LogP contribution in [-0.4, -0.2) is 11.5 Å². The number of rotatable bonds is 4. The van der Waals surface area contributed by atoms with E-state index in [0.29, 0.717) is 0 Å². The van der Waals surface area contributed by atoms with Gasteiger partial charge >= 0.3 is 0 Å². The lowest BCUT2D eigenvalue weighted by molar-refractivity contribution is 0.731. The summed E-state index contributed by atoms with van der Waals surface area (Å²) in [5.74, 6) is 0. The largest absolute Gasteiger partial charge is 0.312 e. The molecule has 1 aromatic heterocycles. The molecule has 0 fully saturated rings. The fourth-order valence-corrected chi connectivity index (χ4v) is 2.69. The van der Waals surface area contributed by atoms with Crippen LogP contribution in [0.2, 0.25) is 0 Å². The van der Waals surface area contributed by atoms with Crippen molar-refractivity contribution >= 4 is 11.3 Å². The quantitative estimate of drug-likeness (QED) is 0.892. The summed E-state index contributed by atoms with van der Waals surface area (Å²) in [5, 5.41) is 4.47. The highest BCUT2D eigenvalue weighted by Gasteiger charge is 2.08. The van der Waals surface area contributed by atoms with E-state index in [4.69, 9.17) is 0 Å². The fourth-order valence-electron chi connectivity index (χ4n) is 1.65. The average molecular weight is 246 g/mol. The minimum atomic E-state index is 0.922. The first kappa shape index (κ1) is 12.3. The van der Waals surface area contributed by atoms with Crippen molar-refractivity contribution in [3.63, 3.8) is 0 Å². The van der Waals surface area contributed by atoms with Gasteiger partial charge in [0, 0.05) is 17.0 Å². The highest BCUT2D eigenvalue weighted by atomic mass is 32.1. The molecule has 0 bridgehead atoms. The Morgan fingerprint density at radius 3 is 2.53 bits per heavy atom. The standard InChI is InChI=1S/C14H18N2S/c1-4-15-9-13-11(3)16-14(17-13)12-7-5-10(2)6-8-12/h5-8,15H,4,9H2,1-3H3. The summed E-state index contributed by atoms with van der Waals surface area (Å²) in [4.78, 5) is 5.98. The molecule has 0 unspecified atom stereocenters. The van der Waals surface area contributed by atoms with Crippen molar-refractivity contribution in [3.05, 3.63) is 40.4 Å². The first-order valence-corrected chi connectivity index (χ1v) is 6.76. The molecule has 2 aromatic rings. The van der Waals surface area contributed by atoms with Gasteiger partial charge in [0.25, 0.3) is 0 Å². The number of hydrogen-bond donors (Lipinski definition) is 1. The zero-order valence-corrected chi connectivity index (χ0v) is 11.4. The molecule has 0 aliphatic rings. The van der Waals surface area contributed by atoms with Crippen molar-refractivity contribution in [1.29, 1.82) is 0 Å². The van der Waals surface area contributed by atoms with Gasteiger partial charge in [0.2, 0.25) is 0 Å². The van der Waals surface area contributed by atoms with Crippen LogP contribution in [0.1, 0.15) is 23.1 Å². The molecule has 17 heavy (non-hydrogen) atoms. The van der Waals surface area contributed by atoms with Gasteiger partial charge in [0.05, 0.1) is 5.69 Å².